The quantitative estimate of drug-likeness (QED) is 0.679. The molecule has 0 aliphatic rings. The van der Waals surface area contributed by atoms with E-state index in [1.165, 1.54) is 10.5 Å². The average molecular weight is 383 g/mol. The Kier molecular flexibility index (Phi) is 5.30. The minimum Gasteiger partial charge on any atom is -0.462 e. The summed E-state index contributed by atoms with van der Waals surface area (Å²) in [5.74, 6) is -1.13. The molecule has 0 bridgehead atoms. The van der Waals surface area contributed by atoms with Crippen LogP contribution in [0.4, 0.5) is 0 Å². The highest BCUT2D eigenvalue weighted by Gasteiger charge is 2.23. The van der Waals surface area contributed by atoms with Gasteiger partial charge in [0.1, 0.15) is 17.9 Å². The molecule has 0 atom stereocenters. The number of carbonyl (C=O) groups excluding carboxylic acids is 2. The summed E-state index contributed by atoms with van der Waals surface area (Å²) in [5, 5.41) is 0. The van der Waals surface area contributed by atoms with Crippen LogP contribution in [0.15, 0.2) is 29.2 Å². The number of aromatic nitrogens is 3. The zero-order valence-electron chi connectivity index (χ0n) is 16.2. The number of esters is 2. The Hall–Kier alpha value is -3.42. The number of ether oxygens (including phenoxy) is 2. The maximum atomic E-state index is 12.5. The van der Waals surface area contributed by atoms with E-state index in [9.17, 15) is 14.4 Å². The molecule has 0 fully saturated rings. The van der Waals surface area contributed by atoms with Crippen molar-refractivity contribution in [3.8, 4) is 0 Å². The first-order valence-electron chi connectivity index (χ1n) is 8.84. The first-order chi connectivity index (χ1) is 13.3. The molecular formula is C20H21N3O5. The fourth-order valence-electron chi connectivity index (χ4n) is 3.06. The fourth-order valence-corrected chi connectivity index (χ4v) is 3.06. The second-order valence-corrected chi connectivity index (χ2v) is 6.39. The van der Waals surface area contributed by atoms with Gasteiger partial charge in [-0.05, 0) is 44.9 Å². The molecule has 8 nitrogen and oxygen atoms in total. The van der Waals surface area contributed by atoms with E-state index in [-0.39, 0.29) is 24.5 Å². The van der Waals surface area contributed by atoms with Crippen LogP contribution < -0.4 is 5.56 Å². The number of aromatic amines is 1. The number of fused-ring (bicyclic) bond motifs is 1. The van der Waals surface area contributed by atoms with Crippen molar-refractivity contribution in [2.45, 2.75) is 34.3 Å². The average Bonchev–Trinajstić information content (AvgIpc) is 2.95. The van der Waals surface area contributed by atoms with Gasteiger partial charge in [0.05, 0.1) is 17.9 Å². The molecule has 8 heteroatoms. The summed E-state index contributed by atoms with van der Waals surface area (Å²) in [7, 11) is 0. The smallest absolute Gasteiger partial charge is 0.355 e. The van der Waals surface area contributed by atoms with E-state index in [4.69, 9.17) is 9.47 Å². The minimum absolute atomic E-state index is 0.162. The third kappa shape index (κ3) is 3.53. The number of aryl methyl sites for hydroxylation is 2. The number of carbonyl (C=O) groups is 2. The number of hydrogen-bond donors (Lipinski definition) is 1. The molecule has 0 aromatic carbocycles. The highest BCUT2D eigenvalue weighted by Crippen LogP contribution is 2.20. The molecule has 3 heterocycles. The van der Waals surface area contributed by atoms with Gasteiger partial charge < -0.3 is 14.5 Å². The first kappa shape index (κ1) is 19.3. The maximum absolute atomic E-state index is 12.5. The summed E-state index contributed by atoms with van der Waals surface area (Å²) in [6.45, 7) is 6.97. The minimum atomic E-state index is -0.636. The van der Waals surface area contributed by atoms with Gasteiger partial charge >= 0.3 is 11.9 Å². The Bertz CT molecular complexity index is 1130. The third-order valence-corrected chi connectivity index (χ3v) is 4.41. The molecule has 0 unspecified atom stereocenters. The van der Waals surface area contributed by atoms with E-state index in [1.807, 2.05) is 13.0 Å². The summed E-state index contributed by atoms with van der Waals surface area (Å²) >= 11 is 0. The van der Waals surface area contributed by atoms with Crippen molar-refractivity contribution >= 4 is 17.6 Å². The van der Waals surface area contributed by atoms with Crippen molar-refractivity contribution < 1.29 is 19.1 Å². The summed E-state index contributed by atoms with van der Waals surface area (Å²) in [6, 6.07) is 4.94. The lowest BCUT2D eigenvalue weighted by Gasteiger charge is -2.07. The van der Waals surface area contributed by atoms with Gasteiger partial charge in [0, 0.05) is 18.0 Å². The molecule has 146 valence electrons. The lowest BCUT2D eigenvalue weighted by Crippen LogP contribution is -2.17. The van der Waals surface area contributed by atoms with Gasteiger partial charge in [-0.2, -0.15) is 0 Å². The molecule has 3 aromatic rings. The second-order valence-electron chi connectivity index (χ2n) is 6.39. The predicted octanol–water partition coefficient (Wildman–Crippen LogP) is 2.48. The van der Waals surface area contributed by atoms with Gasteiger partial charge in [-0.25, -0.2) is 14.6 Å². The number of nitrogens with one attached hydrogen (secondary N) is 1. The van der Waals surface area contributed by atoms with E-state index in [1.54, 1.807) is 33.0 Å². The molecule has 3 aromatic heterocycles. The van der Waals surface area contributed by atoms with Crippen LogP contribution in [0.2, 0.25) is 0 Å². The topological polar surface area (TPSA) is 103 Å². The van der Waals surface area contributed by atoms with Crippen LogP contribution in [0.25, 0.3) is 5.65 Å². The summed E-state index contributed by atoms with van der Waals surface area (Å²) < 4.78 is 11.8. The number of rotatable bonds is 5. The molecule has 0 aliphatic heterocycles. The van der Waals surface area contributed by atoms with Crippen molar-refractivity contribution in [2.75, 3.05) is 6.61 Å². The van der Waals surface area contributed by atoms with E-state index < -0.39 is 11.9 Å². The molecule has 0 saturated carbocycles. The molecule has 3 rings (SSSR count). The summed E-state index contributed by atoms with van der Waals surface area (Å²) in [6.07, 6.45) is 1.63. The Labute approximate surface area is 161 Å². The largest absolute Gasteiger partial charge is 0.462 e. The normalized spacial score (nSPS) is 10.9. The molecular weight excluding hydrogens is 362 g/mol. The molecule has 0 radical (unpaired) electrons. The fraction of sp³-hybridized carbons (Fsp3) is 0.300. The predicted molar refractivity (Wildman–Crippen MR) is 102 cm³/mol. The Morgan fingerprint density at radius 2 is 1.93 bits per heavy atom. The van der Waals surface area contributed by atoms with Crippen molar-refractivity contribution in [1.82, 2.24) is 14.4 Å². The zero-order chi connectivity index (χ0) is 20.4. The molecule has 0 saturated heterocycles. The monoisotopic (exact) mass is 383 g/mol. The van der Waals surface area contributed by atoms with Gasteiger partial charge in [0.25, 0.3) is 5.56 Å². The molecule has 0 spiro atoms. The van der Waals surface area contributed by atoms with Crippen LogP contribution in [-0.4, -0.2) is 32.9 Å². The maximum Gasteiger partial charge on any atom is 0.355 e. The first-order valence-corrected chi connectivity index (χ1v) is 8.84. The molecule has 0 amide bonds. The van der Waals surface area contributed by atoms with Crippen molar-refractivity contribution in [2.24, 2.45) is 0 Å². The van der Waals surface area contributed by atoms with E-state index >= 15 is 0 Å². The zero-order valence-corrected chi connectivity index (χ0v) is 16.2. The van der Waals surface area contributed by atoms with Gasteiger partial charge in [-0.15, -0.1) is 0 Å². The standard InChI is InChI=1S/C20H21N3O5/c1-5-27-19(25)16-12(3)17(21-13(16)4)20(26)28-10-14-9-15(24)23-8-6-7-11(2)18(23)22-14/h6-9,21H,5,10H2,1-4H3. The second kappa shape index (κ2) is 7.67. The van der Waals surface area contributed by atoms with Gasteiger partial charge in [-0.3, -0.25) is 9.20 Å². The van der Waals surface area contributed by atoms with E-state index in [2.05, 4.69) is 9.97 Å². The number of pyridine rings is 1. The summed E-state index contributed by atoms with van der Waals surface area (Å²) in [5.41, 5.74) is 2.93. The van der Waals surface area contributed by atoms with E-state index in [0.29, 0.717) is 28.2 Å². The lowest BCUT2D eigenvalue weighted by atomic mass is 10.1. The van der Waals surface area contributed by atoms with Gasteiger partial charge in [0.15, 0.2) is 0 Å². The van der Waals surface area contributed by atoms with Gasteiger partial charge in [0.2, 0.25) is 0 Å². The van der Waals surface area contributed by atoms with Crippen LogP contribution in [0.3, 0.4) is 0 Å². The number of nitrogens with zero attached hydrogens (tertiary/aromatic N) is 2. The Morgan fingerprint density at radius 3 is 2.64 bits per heavy atom. The van der Waals surface area contributed by atoms with Crippen LogP contribution in [0.1, 0.15) is 50.3 Å². The SMILES string of the molecule is CCOC(=O)c1c(C)[nH]c(C(=O)OCc2cc(=O)n3cccc(C)c3n2)c1C. The molecule has 1 N–H and O–H groups in total. The highest BCUT2D eigenvalue weighted by molar-refractivity contribution is 5.98. The van der Waals surface area contributed by atoms with Crippen molar-refractivity contribution in [3.63, 3.8) is 0 Å². The molecule has 0 aliphatic carbocycles. The van der Waals surface area contributed by atoms with Crippen LogP contribution in [0, 0.1) is 20.8 Å². The summed E-state index contributed by atoms with van der Waals surface area (Å²) in [4.78, 5) is 44.0. The van der Waals surface area contributed by atoms with Crippen molar-refractivity contribution in [1.29, 1.82) is 0 Å². The van der Waals surface area contributed by atoms with E-state index in [0.717, 1.165) is 5.56 Å². The lowest BCUT2D eigenvalue weighted by molar-refractivity contribution is 0.0460. The van der Waals surface area contributed by atoms with Crippen LogP contribution in [-0.2, 0) is 16.1 Å². The van der Waals surface area contributed by atoms with Crippen LogP contribution >= 0.6 is 0 Å². The number of H-pyrrole nitrogens is 1. The Balaban J connectivity index is 1.83. The third-order valence-electron chi connectivity index (χ3n) is 4.41. The molecule has 28 heavy (non-hydrogen) atoms. The Morgan fingerprint density at radius 1 is 1.18 bits per heavy atom. The van der Waals surface area contributed by atoms with Crippen molar-refractivity contribution in [3.05, 3.63) is 68.5 Å². The van der Waals surface area contributed by atoms with Gasteiger partial charge in [-0.1, -0.05) is 6.07 Å². The number of hydrogen-bond acceptors (Lipinski definition) is 6. The van der Waals surface area contributed by atoms with Crippen LogP contribution in [0.5, 0.6) is 0 Å². The highest BCUT2D eigenvalue weighted by atomic mass is 16.5.